The molecular formula is C9H22N2. The van der Waals surface area contributed by atoms with E-state index in [1.165, 1.54) is 0 Å². The Labute approximate surface area is 70.8 Å². The van der Waals surface area contributed by atoms with Crippen LogP contribution in [0.25, 0.3) is 0 Å². The highest BCUT2D eigenvalue weighted by molar-refractivity contribution is 4.68. The summed E-state index contributed by atoms with van der Waals surface area (Å²) < 4.78 is 0. The van der Waals surface area contributed by atoms with E-state index in [9.17, 15) is 0 Å². The molecule has 2 nitrogen and oxygen atoms in total. The van der Waals surface area contributed by atoms with Crippen LogP contribution in [0.15, 0.2) is 0 Å². The van der Waals surface area contributed by atoms with E-state index in [0.717, 1.165) is 25.4 Å². The molecule has 0 amide bonds. The number of hydrogen-bond donors (Lipinski definition) is 1. The number of hydrogen-bond acceptors (Lipinski definition) is 2. The summed E-state index contributed by atoms with van der Waals surface area (Å²) in [6, 6.07) is 0.567. The molecule has 1 unspecified atom stereocenters. The molecule has 0 saturated carbocycles. The maximum atomic E-state index is 5.62. The van der Waals surface area contributed by atoms with Gasteiger partial charge < -0.3 is 10.6 Å². The summed E-state index contributed by atoms with van der Waals surface area (Å²) in [5.74, 6) is 0.737. The third kappa shape index (κ3) is 4.38. The molecule has 2 heteroatoms. The van der Waals surface area contributed by atoms with E-state index >= 15 is 0 Å². The van der Waals surface area contributed by atoms with Crippen molar-refractivity contribution >= 4 is 0 Å². The van der Waals surface area contributed by atoms with Crippen molar-refractivity contribution in [3.8, 4) is 0 Å². The largest absolute Gasteiger partial charge is 0.329 e. The average Bonchev–Trinajstić information content (AvgIpc) is 1.88. The van der Waals surface area contributed by atoms with Gasteiger partial charge in [0.15, 0.2) is 0 Å². The molecule has 11 heavy (non-hydrogen) atoms. The number of rotatable bonds is 5. The third-order valence-electron chi connectivity index (χ3n) is 2.02. The summed E-state index contributed by atoms with van der Waals surface area (Å²) in [7, 11) is 2.15. The lowest BCUT2D eigenvalue weighted by atomic mass is 10.1. The second-order valence-electron chi connectivity index (χ2n) is 3.63. The topological polar surface area (TPSA) is 29.3 Å². The van der Waals surface area contributed by atoms with E-state index < -0.39 is 0 Å². The van der Waals surface area contributed by atoms with E-state index in [1.54, 1.807) is 0 Å². The quantitative estimate of drug-likeness (QED) is 0.653. The zero-order valence-electron chi connectivity index (χ0n) is 8.30. The van der Waals surface area contributed by atoms with Gasteiger partial charge in [-0.1, -0.05) is 20.8 Å². The Morgan fingerprint density at radius 2 is 1.91 bits per heavy atom. The molecule has 0 saturated heterocycles. The zero-order chi connectivity index (χ0) is 8.85. The van der Waals surface area contributed by atoms with Crippen molar-refractivity contribution in [2.45, 2.75) is 33.2 Å². The van der Waals surface area contributed by atoms with Crippen LogP contribution in [0.5, 0.6) is 0 Å². The lowest BCUT2D eigenvalue weighted by Crippen LogP contribution is -2.39. The predicted octanol–water partition coefficient (Wildman–Crippen LogP) is 1.31. The van der Waals surface area contributed by atoms with Crippen LogP contribution in [0.1, 0.15) is 27.2 Å². The van der Waals surface area contributed by atoms with Gasteiger partial charge in [0, 0.05) is 19.1 Å². The monoisotopic (exact) mass is 158 g/mol. The smallest absolute Gasteiger partial charge is 0.0212 e. The van der Waals surface area contributed by atoms with Gasteiger partial charge in [-0.2, -0.15) is 0 Å². The van der Waals surface area contributed by atoms with Gasteiger partial charge in [0.1, 0.15) is 0 Å². The van der Waals surface area contributed by atoms with E-state index in [0.29, 0.717) is 6.04 Å². The lowest BCUT2D eigenvalue weighted by Gasteiger charge is -2.27. The number of likely N-dealkylation sites (N-methyl/N-ethyl adjacent to an activating group) is 1. The first kappa shape index (κ1) is 10.9. The van der Waals surface area contributed by atoms with Gasteiger partial charge in [-0.3, -0.25) is 0 Å². The van der Waals surface area contributed by atoms with Gasteiger partial charge in [0.2, 0.25) is 0 Å². The Morgan fingerprint density at radius 1 is 1.36 bits per heavy atom. The molecule has 68 valence electrons. The van der Waals surface area contributed by atoms with Crippen molar-refractivity contribution in [3.05, 3.63) is 0 Å². The minimum Gasteiger partial charge on any atom is -0.329 e. The van der Waals surface area contributed by atoms with Crippen LogP contribution in [0.3, 0.4) is 0 Å². The summed E-state index contributed by atoms with van der Waals surface area (Å²) >= 11 is 0. The average molecular weight is 158 g/mol. The Hall–Kier alpha value is -0.0800. The van der Waals surface area contributed by atoms with Crippen molar-refractivity contribution < 1.29 is 0 Å². The van der Waals surface area contributed by atoms with Gasteiger partial charge in [-0.05, 0) is 19.4 Å². The van der Waals surface area contributed by atoms with E-state index in [-0.39, 0.29) is 0 Å². The minimum atomic E-state index is 0.567. The second kappa shape index (κ2) is 5.56. The highest BCUT2D eigenvalue weighted by atomic mass is 15.1. The summed E-state index contributed by atoms with van der Waals surface area (Å²) in [6.45, 7) is 8.59. The van der Waals surface area contributed by atoms with Crippen molar-refractivity contribution in [1.29, 1.82) is 0 Å². The molecule has 2 N–H and O–H groups in total. The molecule has 0 spiro atoms. The summed E-state index contributed by atoms with van der Waals surface area (Å²) in [5.41, 5.74) is 5.62. The summed E-state index contributed by atoms with van der Waals surface area (Å²) in [4.78, 5) is 2.35. The third-order valence-corrected chi connectivity index (χ3v) is 2.02. The van der Waals surface area contributed by atoms with Crippen LogP contribution in [0.2, 0.25) is 0 Å². The van der Waals surface area contributed by atoms with Crippen molar-refractivity contribution in [1.82, 2.24) is 4.90 Å². The standard InChI is InChI=1S/C9H22N2/c1-5-9(6-10)11(4)7-8(2)3/h8-9H,5-7,10H2,1-4H3. The van der Waals surface area contributed by atoms with Crippen LogP contribution in [0, 0.1) is 5.92 Å². The molecule has 0 aliphatic rings. The van der Waals surface area contributed by atoms with Crippen LogP contribution >= 0.6 is 0 Å². The molecule has 0 aromatic rings. The molecule has 0 aliphatic carbocycles. The normalized spacial score (nSPS) is 14.5. The molecular weight excluding hydrogens is 136 g/mol. The Bertz CT molecular complexity index is 87.6. The molecule has 0 rings (SSSR count). The first-order chi connectivity index (χ1) is 5.11. The van der Waals surface area contributed by atoms with E-state index in [1.807, 2.05) is 0 Å². The molecule has 0 aliphatic heterocycles. The minimum absolute atomic E-state index is 0.567. The maximum absolute atomic E-state index is 5.62. The van der Waals surface area contributed by atoms with E-state index in [4.69, 9.17) is 5.73 Å². The van der Waals surface area contributed by atoms with Crippen molar-refractivity contribution in [2.75, 3.05) is 20.1 Å². The Kier molecular flexibility index (Phi) is 5.51. The van der Waals surface area contributed by atoms with Crippen molar-refractivity contribution in [2.24, 2.45) is 11.7 Å². The lowest BCUT2D eigenvalue weighted by molar-refractivity contribution is 0.216. The first-order valence-corrected chi connectivity index (χ1v) is 4.52. The molecule has 0 radical (unpaired) electrons. The van der Waals surface area contributed by atoms with Gasteiger partial charge in [-0.25, -0.2) is 0 Å². The number of nitrogens with two attached hydrogens (primary N) is 1. The van der Waals surface area contributed by atoms with Gasteiger partial charge >= 0.3 is 0 Å². The molecule has 0 heterocycles. The predicted molar refractivity (Wildman–Crippen MR) is 50.6 cm³/mol. The van der Waals surface area contributed by atoms with E-state index in [2.05, 4.69) is 32.7 Å². The SMILES string of the molecule is CCC(CN)N(C)CC(C)C. The van der Waals surface area contributed by atoms with Crippen LogP contribution in [-0.2, 0) is 0 Å². The van der Waals surface area contributed by atoms with Crippen LogP contribution in [-0.4, -0.2) is 31.1 Å². The highest BCUT2D eigenvalue weighted by Gasteiger charge is 2.10. The maximum Gasteiger partial charge on any atom is 0.0212 e. The molecule has 1 atom stereocenters. The Balaban J connectivity index is 3.68. The molecule has 0 fully saturated rings. The van der Waals surface area contributed by atoms with Gasteiger partial charge in [0.05, 0.1) is 0 Å². The molecule has 0 bridgehead atoms. The van der Waals surface area contributed by atoms with Crippen molar-refractivity contribution in [3.63, 3.8) is 0 Å². The summed E-state index contributed by atoms with van der Waals surface area (Å²) in [5, 5.41) is 0. The zero-order valence-corrected chi connectivity index (χ0v) is 8.30. The summed E-state index contributed by atoms with van der Waals surface area (Å²) in [6.07, 6.45) is 1.15. The van der Waals surface area contributed by atoms with Gasteiger partial charge in [-0.15, -0.1) is 0 Å². The Morgan fingerprint density at radius 3 is 2.18 bits per heavy atom. The van der Waals surface area contributed by atoms with Gasteiger partial charge in [0.25, 0.3) is 0 Å². The second-order valence-corrected chi connectivity index (χ2v) is 3.63. The van der Waals surface area contributed by atoms with Crippen LogP contribution < -0.4 is 5.73 Å². The molecule has 0 aromatic carbocycles. The highest BCUT2D eigenvalue weighted by Crippen LogP contribution is 2.03. The fourth-order valence-electron chi connectivity index (χ4n) is 1.38. The molecule has 0 aromatic heterocycles. The fourth-order valence-corrected chi connectivity index (χ4v) is 1.38. The van der Waals surface area contributed by atoms with Crippen LogP contribution in [0.4, 0.5) is 0 Å². The number of nitrogens with zero attached hydrogens (tertiary/aromatic N) is 1. The fraction of sp³-hybridized carbons (Fsp3) is 1.00. The first-order valence-electron chi connectivity index (χ1n) is 4.52.